The van der Waals surface area contributed by atoms with Gasteiger partial charge >= 0.3 is 5.97 Å². The van der Waals surface area contributed by atoms with Gasteiger partial charge in [0.05, 0.1) is 0 Å². The summed E-state index contributed by atoms with van der Waals surface area (Å²) < 4.78 is 0. The fourth-order valence-corrected chi connectivity index (χ4v) is 3.09. The number of benzene rings is 1. The third kappa shape index (κ3) is 4.70. The molecule has 1 fully saturated rings. The van der Waals surface area contributed by atoms with Gasteiger partial charge in [-0.2, -0.15) is 0 Å². The van der Waals surface area contributed by atoms with Crippen LogP contribution in [0.15, 0.2) is 24.3 Å². The number of nitrogens with one attached hydrogen (secondary N) is 1. The number of rotatable bonds is 6. The second-order valence-electron chi connectivity index (χ2n) is 5.61. The summed E-state index contributed by atoms with van der Waals surface area (Å²) in [7, 11) is 0. The molecule has 0 spiro atoms. The number of carboxylic acid groups (broad SMARTS) is 1. The second-order valence-corrected chi connectivity index (χ2v) is 6.05. The number of hydrogen-bond donors (Lipinski definition) is 2. The van der Waals surface area contributed by atoms with Crippen molar-refractivity contribution >= 4 is 17.6 Å². The number of carbonyl (C=O) groups is 1. The van der Waals surface area contributed by atoms with E-state index in [-0.39, 0.29) is 5.92 Å². The minimum Gasteiger partial charge on any atom is -0.480 e. The minimum atomic E-state index is -0.729. The quantitative estimate of drug-likeness (QED) is 0.848. The molecule has 1 heterocycles. The summed E-state index contributed by atoms with van der Waals surface area (Å²) in [5.74, 6) is -0.503. The normalized spacial score (nSPS) is 18.6. The molecular formula is C16H23ClN2O2. The van der Waals surface area contributed by atoms with Crippen LogP contribution < -0.4 is 5.32 Å². The first-order valence-corrected chi connectivity index (χ1v) is 7.91. The molecule has 2 rings (SSSR count). The zero-order valence-electron chi connectivity index (χ0n) is 12.4. The number of aliphatic carboxylic acids is 1. The SMILES string of the molecule is CCNC(C(=O)O)C1CCN(Cc2ccc(Cl)cc2)CC1. The van der Waals surface area contributed by atoms with E-state index in [1.165, 1.54) is 5.56 Å². The van der Waals surface area contributed by atoms with E-state index in [9.17, 15) is 9.90 Å². The standard InChI is InChI=1S/C16H23ClN2O2/c1-2-18-15(16(20)21)13-7-9-19(10-8-13)11-12-3-5-14(17)6-4-12/h3-6,13,15,18H,2,7-11H2,1H3,(H,20,21). The molecule has 2 N–H and O–H groups in total. The van der Waals surface area contributed by atoms with E-state index in [0.29, 0.717) is 6.54 Å². The van der Waals surface area contributed by atoms with Gasteiger partial charge in [0.15, 0.2) is 0 Å². The molecule has 116 valence electrons. The van der Waals surface area contributed by atoms with E-state index in [1.807, 2.05) is 31.2 Å². The van der Waals surface area contributed by atoms with Gasteiger partial charge in [0.1, 0.15) is 6.04 Å². The number of carboxylic acids is 1. The van der Waals surface area contributed by atoms with Crippen molar-refractivity contribution < 1.29 is 9.90 Å². The molecule has 0 saturated carbocycles. The van der Waals surface area contributed by atoms with E-state index >= 15 is 0 Å². The van der Waals surface area contributed by atoms with Crippen LogP contribution in [-0.2, 0) is 11.3 Å². The van der Waals surface area contributed by atoms with Gasteiger partial charge in [0.2, 0.25) is 0 Å². The Kier molecular flexibility index (Phi) is 6.03. The Balaban J connectivity index is 1.85. The molecule has 1 aromatic rings. The lowest BCUT2D eigenvalue weighted by molar-refractivity contribution is -0.141. The largest absolute Gasteiger partial charge is 0.480 e. The summed E-state index contributed by atoms with van der Waals surface area (Å²) in [4.78, 5) is 13.7. The summed E-state index contributed by atoms with van der Waals surface area (Å²) in [6.45, 7) is 5.45. The number of halogens is 1. The maximum absolute atomic E-state index is 11.3. The Labute approximate surface area is 131 Å². The van der Waals surface area contributed by atoms with Gasteiger partial charge in [-0.3, -0.25) is 9.69 Å². The number of nitrogens with zero attached hydrogens (tertiary/aromatic N) is 1. The van der Waals surface area contributed by atoms with E-state index in [1.54, 1.807) is 0 Å². The molecule has 0 bridgehead atoms. The highest BCUT2D eigenvalue weighted by atomic mass is 35.5. The Morgan fingerprint density at radius 1 is 1.38 bits per heavy atom. The van der Waals surface area contributed by atoms with Crippen LogP contribution >= 0.6 is 11.6 Å². The van der Waals surface area contributed by atoms with Crippen LogP contribution in [0, 0.1) is 5.92 Å². The van der Waals surface area contributed by atoms with Gasteiger partial charge in [-0.05, 0) is 56.1 Å². The van der Waals surface area contributed by atoms with Crippen molar-refractivity contribution in [3.8, 4) is 0 Å². The van der Waals surface area contributed by atoms with E-state index in [4.69, 9.17) is 11.6 Å². The third-order valence-electron chi connectivity index (χ3n) is 4.11. The fraction of sp³-hybridized carbons (Fsp3) is 0.562. The van der Waals surface area contributed by atoms with Gasteiger partial charge in [-0.15, -0.1) is 0 Å². The summed E-state index contributed by atoms with van der Waals surface area (Å²) in [5, 5.41) is 13.1. The molecule has 1 atom stereocenters. The van der Waals surface area contributed by atoms with Crippen LogP contribution in [0.2, 0.25) is 5.02 Å². The number of piperidine rings is 1. The molecule has 5 heteroatoms. The van der Waals surface area contributed by atoms with Crippen LogP contribution in [0.4, 0.5) is 0 Å². The molecule has 1 aromatic carbocycles. The van der Waals surface area contributed by atoms with E-state index < -0.39 is 12.0 Å². The average molecular weight is 311 g/mol. The van der Waals surface area contributed by atoms with Crippen molar-refractivity contribution in [2.45, 2.75) is 32.4 Å². The zero-order chi connectivity index (χ0) is 15.2. The summed E-state index contributed by atoms with van der Waals surface area (Å²) in [5.41, 5.74) is 1.25. The van der Waals surface area contributed by atoms with Gasteiger partial charge in [0, 0.05) is 11.6 Å². The average Bonchev–Trinajstić information content (AvgIpc) is 2.48. The molecular weight excluding hydrogens is 288 g/mol. The molecule has 4 nitrogen and oxygen atoms in total. The maximum Gasteiger partial charge on any atom is 0.320 e. The first-order chi connectivity index (χ1) is 10.1. The van der Waals surface area contributed by atoms with Crippen molar-refractivity contribution in [3.63, 3.8) is 0 Å². The van der Waals surface area contributed by atoms with Crippen molar-refractivity contribution in [1.82, 2.24) is 10.2 Å². The van der Waals surface area contributed by atoms with Crippen LogP contribution in [-0.4, -0.2) is 41.7 Å². The Morgan fingerprint density at radius 3 is 2.52 bits per heavy atom. The molecule has 21 heavy (non-hydrogen) atoms. The lowest BCUT2D eigenvalue weighted by atomic mass is 9.89. The molecule has 0 aliphatic carbocycles. The van der Waals surface area contributed by atoms with Crippen LogP contribution in [0.1, 0.15) is 25.3 Å². The topological polar surface area (TPSA) is 52.6 Å². The Hall–Kier alpha value is -1.10. The smallest absolute Gasteiger partial charge is 0.320 e. The van der Waals surface area contributed by atoms with Crippen molar-refractivity contribution in [2.75, 3.05) is 19.6 Å². The van der Waals surface area contributed by atoms with Crippen molar-refractivity contribution in [1.29, 1.82) is 0 Å². The Bertz CT molecular complexity index is 456. The van der Waals surface area contributed by atoms with Crippen LogP contribution in [0.5, 0.6) is 0 Å². The van der Waals surface area contributed by atoms with Crippen molar-refractivity contribution in [3.05, 3.63) is 34.9 Å². The lowest BCUT2D eigenvalue weighted by Gasteiger charge is -2.34. The van der Waals surface area contributed by atoms with E-state index in [0.717, 1.165) is 37.5 Å². The molecule has 0 amide bonds. The van der Waals surface area contributed by atoms with E-state index in [2.05, 4.69) is 10.2 Å². The van der Waals surface area contributed by atoms with Gasteiger partial charge < -0.3 is 10.4 Å². The molecule has 1 saturated heterocycles. The van der Waals surface area contributed by atoms with Gasteiger partial charge in [-0.1, -0.05) is 30.7 Å². The van der Waals surface area contributed by atoms with Crippen molar-refractivity contribution in [2.24, 2.45) is 5.92 Å². The summed E-state index contributed by atoms with van der Waals surface area (Å²) in [6.07, 6.45) is 1.86. The monoisotopic (exact) mass is 310 g/mol. The highest BCUT2D eigenvalue weighted by molar-refractivity contribution is 6.30. The Morgan fingerprint density at radius 2 is 2.00 bits per heavy atom. The summed E-state index contributed by atoms with van der Waals surface area (Å²) >= 11 is 5.89. The summed E-state index contributed by atoms with van der Waals surface area (Å²) in [6, 6.07) is 7.51. The highest BCUT2D eigenvalue weighted by Gasteiger charge is 2.30. The molecule has 1 aliphatic heterocycles. The zero-order valence-corrected chi connectivity index (χ0v) is 13.1. The molecule has 0 radical (unpaired) electrons. The lowest BCUT2D eigenvalue weighted by Crippen LogP contribution is -2.47. The van der Waals surface area contributed by atoms with Gasteiger partial charge in [-0.25, -0.2) is 0 Å². The fourth-order valence-electron chi connectivity index (χ4n) is 2.97. The first-order valence-electron chi connectivity index (χ1n) is 7.53. The first kappa shape index (κ1) is 16.3. The van der Waals surface area contributed by atoms with Gasteiger partial charge in [0.25, 0.3) is 0 Å². The van der Waals surface area contributed by atoms with Crippen LogP contribution in [0.25, 0.3) is 0 Å². The maximum atomic E-state index is 11.3. The molecule has 1 unspecified atom stereocenters. The number of hydrogen-bond acceptors (Lipinski definition) is 3. The highest BCUT2D eigenvalue weighted by Crippen LogP contribution is 2.22. The number of likely N-dealkylation sites (N-methyl/N-ethyl adjacent to an activating group) is 1. The predicted octanol–water partition coefficient (Wildman–Crippen LogP) is 2.61. The minimum absolute atomic E-state index is 0.226. The molecule has 1 aliphatic rings. The molecule has 0 aromatic heterocycles. The van der Waals surface area contributed by atoms with Crippen LogP contribution in [0.3, 0.4) is 0 Å². The second kappa shape index (κ2) is 7.78. The predicted molar refractivity (Wildman–Crippen MR) is 84.6 cm³/mol. The third-order valence-corrected chi connectivity index (χ3v) is 4.37. The number of likely N-dealkylation sites (tertiary alicyclic amines) is 1.